The Labute approximate surface area is 128 Å². The number of aliphatic hydroxyl groups is 1. The smallest absolute Gasteiger partial charge is 0.313 e. The van der Waals surface area contributed by atoms with E-state index in [1.165, 1.54) is 19.3 Å². The second kappa shape index (κ2) is 7.77. The molecule has 0 aromatic carbocycles. The van der Waals surface area contributed by atoms with Gasteiger partial charge in [-0.3, -0.25) is 9.36 Å². The molecular weight excluding hydrogens is 292 g/mol. The van der Waals surface area contributed by atoms with Gasteiger partial charge in [0.25, 0.3) is 0 Å². The average Bonchev–Trinajstić information content (AvgIpc) is 2.89. The molecule has 2 rings (SSSR count). The van der Waals surface area contributed by atoms with E-state index < -0.39 is 5.97 Å². The Balaban J connectivity index is 2.07. The number of carboxylic acid groups (broad SMARTS) is 1. The first-order valence-corrected chi connectivity index (χ1v) is 8.22. The Kier molecular flexibility index (Phi) is 6.01. The molecule has 0 spiro atoms. The summed E-state index contributed by atoms with van der Waals surface area (Å²) in [5, 5.41) is 26.7. The molecule has 1 atom stereocenters. The SMILES string of the molecule is CC(CN1CCCCC1)n1c(CO)nnc1SCC(=O)O. The number of aliphatic hydroxyl groups excluding tert-OH is 1. The molecule has 1 aliphatic rings. The third-order valence-electron chi connectivity index (χ3n) is 3.61. The van der Waals surface area contributed by atoms with Crippen molar-refractivity contribution < 1.29 is 15.0 Å². The highest BCUT2D eigenvalue weighted by atomic mass is 32.2. The summed E-state index contributed by atoms with van der Waals surface area (Å²) in [5.41, 5.74) is 0. The lowest BCUT2D eigenvalue weighted by Gasteiger charge is -2.30. The summed E-state index contributed by atoms with van der Waals surface area (Å²) in [4.78, 5) is 13.1. The number of rotatable bonds is 7. The molecule has 0 saturated carbocycles. The highest BCUT2D eigenvalue weighted by Gasteiger charge is 2.21. The zero-order valence-electron chi connectivity index (χ0n) is 12.2. The van der Waals surface area contributed by atoms with E-state index in [2.05, 4.69) is 22.0 Å². The molecule has 2 N–H and O–H groups in total. The van der Waals surface area contributed by atoms with Crippen LogP contribution < -0.4 is 0 Å². The van der Waals surface area contributed by atoms with Crippen molar-refractivity contribution in [3.8, 4) is 0 Å². The Morgan fingerprint density at radius 3 is 2.67 bits per heavy atom. The van der Waals surface area contributed by atoms with Gasteiger partial charge in [-0.2, -0.15) is 0 Å². The van der Waals surface area contributed by atoms with Gasteiger partial charge in [-0.1, -0.05) is 18.2 Å². The third-order valence-corrected chi connectivity index (χ3v) is 4.54. The Hall–Kier alpha value is -1.12. The van der Waals surface area contributed by atoms with E-state index in [0.717, 1.165) is 31.4 Å². The van der Waals surface area contributed by atoms with Gasteiger partial charge in [-0.05, 0) is 32.9 Å². The highest BCUT2D eigenvalue weighted by molar-refractivity contribution is 7.99. The summed E-state index contributed by atoms with van der Waals surface area (Å²) in [7, 11) is 0. The lowest BCUT2D eigenvalue weighted by molar-refractivity contribution is -0.133. The van der Waals surface area contributed by atoms with Crippen molar-refractivity contribution in [2.45, 2.75) is 44.0 Å². The highest BCUT2D eigenvalue weighted by Crippen LogP contribution is 2.23. The van der Waals surface area contributed by atoms with E-state index in [4.69, 9.17) is 5.11 Å². The number of piperidine rings is 1. The van der Waals surface area contributed by atoms with Crippen molar-refractivity contribution in [2.24, 2.45) is 0 Å². The van der Waals surface area contributed by atoms with Crippen molar-refractivity contribution in [1.29, 1.82) is 0 Å². The topological polar surface area (TPSA) is 91.5 Å². The van der Waals surface area contributed by atoms with Gasteiger partial charge in [-0.25, -0.2) is 0 Å². The van der Waals surface area contributed by atoms with E-state index in [1.54, 1.807) is 0 Å². The molecule has 1 fully saturated rings. The summed E-state index contributed by atoms with van der Waals surface area (Å²) < 4.78 is 1.86. The number of likely N-dealkylation sites (tertiary alicyclic amines) is 1. The fourth-order valence-electron chi connectivity index (χ4n) is 2.68. The van der Waals surface area contributed by atoms with Crippen molar-refractivity contribution in [3.05, 3.63) is 5.82 Å². The summed E-state index contributed by atoms with van der Waals surface area (Å²) in [6.07, 6.45) is 3.74. The van der Waals surface area contributed by atoms with Crippen LogP contribution in [-0.2, 0) is 11.4 Å². The zero-order chi connectivity index (χ0) is 15.2. The maximum absolute atomic E-state index is 10.7. The molecule has 1 aliphatic heterocycles. The van der Waals surface area contributed by atoms with Crippen LogP contribution in [0.15, 0.2) is 5.16 Å². The molecule has 0 bridgehead atoms. The monoisotopic (exact) mass is 314 g/mol. The minimum absolute atomic E-state index is 0.0556. The van der Waals surface area contributed by atoms with Crippen LogP contribution >= 0.6 is 11.8 Å². The predicted molar refractivity (Wildman–Crippen MR) is 79.3 cm³/mol. The van der Waals surface area contributed by atoms with Gasteiger partial charge in [0.05, 0.1) is 5.75 Å². The summed E-state index contributed by atoms with van der Waals surface area (Å²) >= 11 is 1.14. The molecule has 1 unspecified atom stereocenters. The molecule has 0 amide bonds. The molecule has 118 valence electrons. The van der Waals surface area contributed by atoms with E-state index in [1.807, 2.05) is 4.57 Å². The first-order chi connectivity index (χ1) is 10.1. The van der Waals surface area contributed by atoms with Gasteiger partial charge in [0.1, 0.15) is 6.61 Å². The minimum atomic E-state index is -0.885. The molecule has 0 aliphatic carbocycles. The average molecular weight is 314 g/mol. The van der Waals surface area contributed by atoms with Crippen LogP contribution in [0.25, 0.3) is 0 Å². The number of aromatic nitrogens is 3. The van der Waals surface area contributed by atoms with Gasteiger partial charge in [0.15, 0.2) is 11.0 Å². The van der Waals surface area contributed by atoms with Crippen molar-refractivity contribution in [3.63, 3.8) is 0 Å². The first-order valence-electron chi connectivity index (χ1n) is 7.23. The molecule has 1 saturated heterocycles. The van der Waals surface area contributed by atoms with E-state index in [-0.39, 0.29) is 18.4 Å². The fourth-order valence-corrected chi connectivity index (χ4v) is 3.46. The number of aliphatic carboxylic acids is 1. The van der Waals surface area contributed by atoms with Crippen molar-refractivity contribution in [1.82, 2.24) is 19.7 Å². The summed E-state index contributed by atoms with van der Waals surface area (Å²) in [5.74, 6) is -0.448. The van der Waals surface area contributed by atoms with Gasteiger partial charge in [0, 0.05) is 12.6 Å². The van der Waals surface area contributed by atoms with Crippen LogP contribution in [0.3, 0.4) is 0 Å². The molecule has 2 heterocycles. The second-order valence-corrected chi connectivity index (χ2v) is 6.26. The quantitative estimate of drug-likeness (QED) is 0.725. The van der Waals surface area contributed by atoms with Crippen LogP contribution in [0, 0.1) is 0 Å². The molecule has 0 radical (unpaired) electrons. The maximum Gasteiger partial charge on any atom is 0.313 e. The number of carboxylic acids is 1. The predicted octanol–water partition coefficient (Wildman–Crippen LogP) is 0.994. The standard InChI is InChI=1S/C13H22N4O3S/c1-10(7-16-5-3-2-4-6-16)17-11(8-18)14-15-13(17)21-9-12(19)20/h10,18H,2-9H2,1H3,(H,19,20). The van der Waals surface area contributed by atoms with Crippen LogP contribution in [0.4, 0.5) is 0 Å². The number of hydrogen-bond donors (Lipinski definition) is 2. The molecule has 7 nitrogen and oxygen atoms in total. The van der Waals surface area contributed by atoms with E-state index in [9.17, 15) is 9.90 Å². The van der Waals surface area contributed by atoms with Crippen LogP contribution in [0.5, 0.6) is 0 Å². The summed E-state index contributed by atoms with van der Waals surface area (Å²) in [6, 6.07) is 0.108. The fraction of sp³-hybridized carbons (Fsp3) is 0.769. The lowest BCUT2D eigenvalue weighted by Crippen LogP contribution is -2.34. The molecular formula is C13H22N4O3S. The van der Waals surface area contributed by atoms with Crippen LogP contribution in [-0.4, -0.2) is 61.2 Å². The zero-order valence-corrected chi connectivity index (χ0v) is 13.1. The second-order valence-electron chi connectivity index (χ2n) is 5.32. The third kappa shape index (κ3) is 4.42. The summed E-state index contributed by atoms with van der Waals surface area (Å²) in [6.45, 7) is 4.93. The Bertz CT molecular complexity index is 474. The number of nitrogens with zero attached hydrogens (tertiary/aromatic N) is 4. The molecule has 21 heavy (non-hydrogen) atoms. The van der Waals surface area contributed by atoms with E-state index >= 15 is 0 Å². The Morgan fingerprint density at radius 1 is 1.33 bits per heavy atom. The first kappa shape index (κ1) is 16.3. The largest absolute Gasteiger partial charge is 0.481 e. The molecule has 8 heteroatoms. The minimum Gasteiger partial charge on any atom is -0.481 e. The van der Waals surface area contributed by atoms with Crippen molar-refractivity contribution >= 4 is 17.7 Å². The normalized spacial score (nSPS) is 17.8. The van der Waals surface area contributed by atoms with Gasteiger partial charge < -0.3 is 15.1 Å². The van der Waals surface area contributed by atoms with Gasteiger partial charge in [0.2, 0.25) is 0 Å². The number of hydrogen-bond acceptors (Lipinski definition) is 6. The van der Waals surface area contributed by atoms with Crippen molar-refractivity contribution in [2.75, 3.05) is 25.4 Å². The van der Waals surface area contributed by atoms with Crippen LogP contribution in [0.2, 0.25) is 0 Å². The number of thioether (sulfide) groups is 1. The van der Waals surface area contributed by atoms with E-state index in [0.29, 0.717) is 11.0 Å². The van der Waals surface area contributed by atoms with Crippen LogP contribution in [0.1, 0.15) is 38.1 Å². The number of carbonyl (C=O) groups is 1. The molecule has 1 aromatic rings. The lowest BCUT2D eigenvalue weighted by atomic mass is 10.1. The van der Waals surface area contributed by atoms with Gasteiger partial charge >= 0.3 is 5.97 Å². The maximum atomic E-state index is 10.7. The molecule has 1 aromatic heterocycles. The Morgan fingerprint density at radius 2 is 2.05 bits per heavy atom. The van der Waals surface area contributed by atoms with Gasteiger partial charge in [-0.15, -0.1) is 10.2 Å².